The Bertz CT molecular complexity index is 807. The molecule has 0 aliphatic carbocycles. The van der Waals surface area contributed by atoms with Crippen molar-refractivity contribution in [1.29, 1.82) is 5.26 Å². The second-order valence-electron chi connectivity index (χ2n) is 4.15. The standard InChI is InChI=1S/C15H11N3O2/c1-19-11-4-5-13-14(8-11)18-15(17-13)10(9-16)7-12-3-2-6-20-12/h2-8H,1H3,(H,17,18)/b10-7-. The van der Waals surface area contributed by atoms with Crippen molar-refractivity contribution in [3.63, 3.8) is 0 Å². The monoisotopic (exact) mass is 265 g/mol. The first-order valence-electron chi connectivity index (χ1n) is 5.99. The Morgan fingerprint density at radius 2 is 2.35 bits per heavy atom. The molecule has 0 spiro atoms. The lowest BCUT2D eigenvalue weighted by Gasteiger charge is -1.96. The zero-order chi connectivity index (χ0) is 13.9. The summed E-state index contributed by atoms with van der Waals surface area (Å²) in [4.78, 5) is 7.51. The van der Waals surface area contributed by atoms with E-state index in [2.05, 4.69) is 16.0 Å². The van der Waals surface area contributed by atoms with E-state index in [4.69, 9.17) is 9.15 Å². The molecule has 0 bridgehead atoms. The largest absolute Gasteiger partial charge is 0.497 e. The highest BCUT2D eigenvalue weighted by molar-refractivity contribution is 5.89. The molecular formula is C15H11N3O2. The van der Waals surface area contributed by atoms with Crippen LogP contribution >= 0.6 is 0 Å². The summed E-state index contributed by atoms with van der Waals surface area (Å²) in [6.07, 6.45) is 3.21. The van der Waals surface area contributed by atoms with Gasteiger partial charge in [0, 0.05) is 12.1 Å². The molecule has 1 aromatic carbocycles. The normalized spacial score (nSPS) is 11.5. The predicted octanol–water partition coefficient (Wildman–Crippen LogP) is 3.23. The summed E-state index contributed by atoms with van der Waals surface area (Å²) >= 11 is 0. The number of fused-ring (bicyclic) bond motifs is 1. The molecule has 0 saturated carbocycles. The molecule has 20 heavy (non-hydrogen) atoms. The van der Waals surface area contributed by atoms with Crippen LogP contribution in [0.2, 0.25) is 0 Å². The number of imidazole rings is 1. The molecule has 0 atom stereocenters. The summed E-state index contributed by atoms with van der Waals surface area (Å²) in [7, 11) is 1.61. The Balaban J connectivity index is 2.07. The molecule has 0 fully saturated rings. The van der Waals surface area contributed by atoms with E-state index in [0.29, 0.717) is 17.2 Å². The number of nitrogens with zero attached hydrogens (tertiary/aromatic N) is 2. The van der Waals surface area contributed by atoms with E-state index < -0.39 is 0 Å². The number of rotatable bonds is 3. The van der Waals surface area contributed by atoms with Crippen LogP contribution in [0.15, 0.2) is 41.0 Å². The van der Waals surface area contributed by atoms with Gasteiger partial charge in [-0.15, -0.1) is 0 Å². The van der Waals surface area contributed by atoms with Crippen molar-refractivity contribution in [1.82, 2.24) is 9.97 Å². The molecule has 0 unspecified atom stereocenters. The van der Waals surface area contributed by atoms with Crippen molar-refractivity contribution in [3.8, 4) is 11.8 Å². The Labute approximate surface area is 115 Å². The number of aromatic nitrogens is 2. The molecule has 98 valence electrons. The van der Waals surface area contributed by atoms with Gasteiger partial charge in [0.25, 0.3) is 0 Å². The van der Waals surface area contributed by atoms with Crippen LogP contribution in [0, 0.1) is 11.3 Å². The van der Waals surface area contributed by atoms with Crippen LogP contribution in [0.5, 0.6) is 5.75 Å². The maximum atomic E-state index is 9.26. The number of hydrogen-bond donors (Lipinski definition) is 1. The van der Waals surface area contributed by atoms with E-state index >= 15 is 0 Å². The fourth-order valence-corrected chi connectivity index (χ4v) is 1.91. The summed E-state index contributed by atoms with van der Waals surface area (Å²) < 4.78 is 10.4. The Morgan fingerprint density at radius 1 is 1.45 bits per heavy atom. The van der Waals surface area contributed by atoms with Crippen molar-refractivity contribution >= 4 is 22.7 Å². The first kappa shape index (κ1) is 12.1. The van der Waals surface area contributed by atoms with Crippen LogP contribution in [0.3, 0.4) is 0 Å². The topological polar surface area (TPSA) is 74.8 Å². The van der Waals surface area contributed by atoms with Crippen molar-refractivity contribution in [3.05, 3.63) is 48.2 Å². The third-order valence-corrected chi connectivity index (χ3v) is 2.89. The molecule has 0 saturated heterocycles. The number of ether oxygens (including phenoxy) is 1. The highest BCUT2D eigenvalue weighted by Gasteiger charge is 2.09. The van der Waals surface area contributed by atoms with Gasteiger partial charge in [-0.25, -0.2) is 4.98 Å². The van der Waals surface area contributed by atoms with E-state index in [0.717, 1.165) is 16.8 Å². The quantitative estimate of drug-likeness (QED) is 0.738. The first-order chi connectivity index (χ1) is 9.80. The zero-order valence-electron chi connectivity index (χ0n) is 10.8. The van der Waals surface area contributed by atoms with Gasteiger partial charge in [-0.1, -0.05) is 0 Å². The summed E-state index contributed by atoms with van der Waals surface area (Å²) in [6.45, 7) is 0. The molecule has 2 heterocycles. The lowest BCUT2D eigenvalue weighted by Crippen LogP contribution is -1.84. The number of allylic oxidation sites excluding steroid dienone is 1. The predicted molar refractivity (Wildman–Crippen MR) is 74.8 cm³/mol. The highest BCUT2D eigenvalue weighted by atomic mass is 16.5. The number of aromatic amines is 1. The molecular weight excluding hydrogens is 254 g/mol. The minimum atomic E-state index is 0.412. The third kappa shape index (κ3) is 2.15. The third-order valence-electron chi connectivity index (χ3n) is 2.89. The maximum Gasteiger partial charge on any atom is 0.149 e. The van der Waals surface area contributed by atoms with Crippen molar-refractivity contribution in [2.24, 2.45) is 0 Å². The lowest BCUT2D eigenvalue weighted by atomic mass is 10.2. The van der Waals surface area contributed by atoms with Crippen LogP contribution in [-0.4, -0.2) is 17.1 Å². The number of H-pyrrole nitrogens is 1. The Morgan fingerprint density at radius 3 is 3.05 bits per heavy atom. The minimum Gasteiger partial charge on any atom is -0.497 e. The van der Waals surface area contributed by atoms with Crippen molar-refractivity contribution in [2.45, 2.75) is 0 Å². The molecule has 5 nitrogen and oxygen atoms in total. The van der Waals surface area contributed by atoms with Gasteiger partial charge in [0.15, 0.2) is 0 Å². The second kappa shape index (κ2) is 4.94. The molecule has 2 aromatic heterocycles. The van der Waals surface area contributed by atoms with Gasteiger partial charge < -0.3 is 14.1 Å². The van der Waals surface area contributed by atoms with E-state index in [-0.39, 0.29) is 0 Å². The van der Waals surface area contributed by atoms with Crippen LogP contribution < -0.4 is 4.74 Å². The van der Waals surface area contributed by atoms with E-state index in [1.54, 1.807) is 31.6 Å². The molecule has 0 aliphatic heterocycles. The summed E-state index contributed by atoms with van der Waals surface area (Å²) in [5.41, 5.74) is 2.01. The molecule has 0 amide bonds. The number of hydrogen-bond acceptors (Lipinski definition) is 4. The van der Waals surface area contributed by atoms with Gasteiger partial charge in [-0.05, 0) is 24.3 Å². The Hall–Kier alpha value is -3.00. The smallest absolute Gasteiger partial charge is 0.149 e. The maximum absolute atomic E-state index is 9.26. The SMILES string of the molecule is COc1ccc2nc(/C(C#N)=C\c3ccco3)[nH]c2c1. The number of benzene rings is 1. The van der Waals surface area contributed by atoms with Gasteiger partial charge in [-0.3, -0.25) is 0 Å². The molecule has 3 rings (SSSR count). The number of methoxy groups -OCH3 is 1. The summed E-state index contributed by atoms with van der Waals surface area (Å²) in [5.74, 6) is 1.85. The number of nitrogens with one attached hydrogen (secondary N) is 1. The summed E-state index contributed by atoms with van der Waals surface area (Å²) in [6, 6.07) is 11.2. The van der Waals surface area contributed by atoms with Crippen molar-refractivity contribution in [2.75, 3.05) is 7.11 Å². The minimum absolute atomic E-state index is 0.412. The Kier molecular flexibility index (Phi) is 2.98. The number of nitriles is 1. The average Bonchev–Trinajstić information content (AvgIpc) is 3.12. The van der Waals surface area contributed by atoms with E-state index in [1.807, 2.05) is 18.2 Å². The fourth-order valence-electron chi connectivity index (χ4n) is 1.91. The fraction of sp³-hybridized carbons (Fsp3) is 0.0667. The number of furan rings is 1. The molecule has 5 heteroatoms. The van der Waals surface area contributed by atoms with Gasteiger partial charge in [0.2, 0.25) is 0 Å². The second-order valence-corrected chi connectivity index (χ2v) is 4.15. The molecule has 3 aromatic rings. The molecule has 1 N–H and O–H groups in total. The van der Waals surface area contributed by atoms with E-state index in [1.165, 1.54) is 0 Å². The van der Waals surface area contributed by atoms with Crippen LogP contribution in [0.25, 0.3) is 22.7 Å². The highest BCUT2D eigenvalue weighted by Crippen LogP contribution is 2.22. The summed E-state index contributed by atoms with van der Waals surface area (Å²) in [5, 5.41) is 9.26. The lowest BCUT2D eigenvalue weighted by molar-refractivity contribution is 0.415. The van der Waals surface area contributed by atoms with Crippen LogP contribution in [0.1, 0.15) is 11.6 Å². The van der Waals surface area contributed by atoms with Crippen LogP contribution in [0.4, 0.5) is 0 Å². The van der Waals surface area contributed by atoms with E-state index in [9.17, 15) is 5.26 Å². The van der Waals surface area contributed by atoms with Gasteiger partial charge >= 0.3 is 0 Å². The molecule has 0 aliphatic rings. The van der Waals surface area contributed by atoms with Gasteiger partial charge in [0.05, 0.1) is 30.0 Å². The van der Waals surface area contributed by atoms with Gasteiger partial charge in [0.1, 0.15) is 23.4 Å². The average molecular weight is 265 g/mol. The van der Waals surface area contributed by atoms with Crippen molar-refractivity contribution < 1.29 is 9.15 Å². The van der Waals surface area contributed by atoms with Crippen LogP contribution in [-0.2, 0) is 0 Å². The van der Waals surface area contributed by atoms with Gasteiger partial charge in [-0.2, -0.15) is 5.26 Å². The zero-order valence-corrected chi connectivity index (χ0v) is 10.8. The first-order valence-corrected chi connectivity index (χ1v) is 5.99. The molecule has 0 radical (unpaired) electrons.